The van der Waals surface area contributed by atoms with E-state index in [0.29, 0.717) is 9.75 Å². The van der Waals surface area contributed by atoms with E-state index in [1.165, 1.54) is 29.8 Å². The monoisotopic (exact) mass is 404 g/mol. The van der Waals surface area contributed by atoms with E-state index in [2.05, 4.69) is 14.7 Å². The molecule has 0 atom stereocenters. The fraction of sp³-hybridized carbons (Fsp3) is 0.0667. The molecule has 10 heteroatoms. The van der Waals surface area contributed by atoms with E-state index < -0.39 is 5.97 Å². The van der Waals surface area contributed by atoms with Crippen LogP contribution in [0.4, 0.5) is 0 Å². The van der Waals surface area contributed by atoms with E-state index in [0.717, 1.165) is 20.4 Å². The Balaban J connectivity index is 0.000000232. The number of ether oxygens (including phenoxy) is 1. The number of carboxylic acids is 1. The number of hydrogen-bond donors (Lipinski definition) is 3. The number of H-pyrrole nitrogens is 2. The minimum absolute atomic E-state index is 0. The van der Waals surface area contributed by atoms with Gasteiger partial charge in [0.15, 0.2) is 0 Å². The predicted molar refractivity (Wildman–Crippen MR) is 92.6 cm³/mol. The summed E-state index contributed by atoms with van der Waals surface area (Å²) in [7, 11) is 1.39. The Labute approximate surface area is 192 Å². The minimum atomic E-state index is -0.861. The predicted octanol–water partition coefficient (Wildman–Crippen LogP) is 0.771. The summed E-state index contributed by atoms with van der Waals surface area (Å²) in [4.78, 5) is 28.5. The summed E-state index contributed by atoms with van der Waals surface area (Å²) in [5, 5.41) is 8.60. The molecule has 0 spiro atoms. The van der Waals surface area contributed by atoms with Gasteiger partial charge in [0, 0.05) is 12.4 Å². The number of aromatic nitrogens is 2. The molecular formula is C15H13KN2O5S2. The number of carbonyl (C=O) groups excluding carboxylic acids is 1. The van der Waals surface area contributed by atoms with Crippen molar-refractivity contribution in [2.75, 3.05) is 7.11 Å². The fourth-order valence-corrected chi connectivity index (χ4v) is 3.81. The van der Waals surface area contributed by atoms with E-state index in [9.17, 15) is 9.59 Å². The molecule has 4 heterocycles. The fourth-order valence-electron chi connectivity index (χ4n) is 2.00. The number of carboxylic acid groups (broad SMARTS) is 1. The molecule has 4 rings (SSSR count). The van der Waals surface area contributed by atoms with E-state index in [4.69, 9.17) is 5.11 Å². The average Bonchev–Trinajstić information content (AvgIpc) is 3.24. The van der Waals surface area contributed by atoms with Gasteiger partial charge in [-0.25, -0.2) is 9.59 Å². The molecule has 0 aliphatic rings. The first-order valence-electron chi connectivity index (χ1n) is 6.54. The number of methoxy groups -OCH3 is 1. The van der Waals surface area contributed by atoms with Gasteiger partial charge in [0.05, 0.1) is 27.5 Å². The van der Waals surface area contributed by atoms with Crippen LogP contribution in [0.15, 0.2) is 36.7 Å². The largest absolute Gasteiger partial charge is 1.00 e. The summed E-state index contributed by atoms with van der Waals surface area (Å²) in [5.41, 5.74) is 1.88. The number of aromatic carboxylic acids is 1. The van der Waals surface area contributed by atoms with Gasteiger partial charge in [-0.2, -0.15) is 0 Å². The van der Waals surface area contributed by atoms with Gasteiger partial charge in [0.25, 0.3) is 0 Å². The van der Waals surface area contributed by atoms with E-state index in [-0.39, 0.29) is 62.8 Å². The number of fused-ring (bicyclic) bond motifs is 2. The van der Waals surface area contributed by atoms with Crippen LogP contribution in [0.1, 0.15) is 19.3 Å². The normalized spacial score (nSPS) is 9.64. The number of thiophene rings is 2. The van der Waals surface area contributed by atoms with Gasteiger partial charge in [0.2, 0.25) is 0 Å². The number of aromatic amines is 2. The third-order valence-electron chi connectivity index (χ3n) is 3.07. The van der Waals surface area contributed by atoms with Crippen molar-refractivity contribution in [3.8, 4) is 0 Å². The van der Waals surface area contributed by atoms with Crippen molar-refractivity contribution in [1.82, 2.24) is 9.97 Å². The van der Waals surface area contributed by atoms with Gasteiger partial charge in [-0.1, -0.05) is 0 Å². The first-order valence-corrected chi connectivity index (χ1v) is 8.17. The molecule has 0 radical (unpaired) electrons. The van der Waals surface area contributed by atoms with Gasteiger partial charge >= 0.3 is 63.3 Å². The maximum atomic E-state index is 11.1. The zero-order valence-corrected chi connectivity index (χ0v) is 18.2. The number of hydrogen-bond acceptors (Lipinski definition) is 6. The molecular weight excluding hydrogens is 391 g/mol. The quantitative estimate of drug-likeness (QED) is 0.336. The second kappa shape index (κ2) is 9.64. The molecule has 0 aromatic carbocycles. The van der Waals surface area contributed by atoms with Crippen molar-refractivity contribution in [3.05, 3.63) is 46.4 Å². The number of rotatable bonds is 2. The summed E-state index contributed by atoms with van der Waals surface area (Å²) >= 11 is 2.71. The van der Waals surface area contributed by atoms with Gasteiger partial charge in [-0.15, -0.1) is 22.7 Å². The third kappa shape index (κ3) is 5.02. The van der Waals surface area contributed by atoms with Gasteiger partial charge in [-0.3, -0.25) is 0 Å². The van der Waals surface area contributed by atoms with Gasteiger partial charge < -0.3 is 25.3 Å². The molecule has 4 aromatic heterocycles. The second-order valence-electron chi connectivity index (χ2n) is 4.53. The Morgan fingerprint density at radius 3 is 1.92 bits per heavy atom. The van der Waals surface area contributed by atoms with Crippen molar-refractivity contribution in [3.63, 3.8) is 0 Å². The maximum absolute atomic E-state index is 11.1. The smallest absolute Gasteiger partial charge is 0.870 e. The zero-order valence-electron chi connectivity index (χ0n) is 13.4. The number of esters is 1. The second-order valence-corrected chi connectivity index (χ2v) is 6.70. The Kier molecular flexibility index (Phi) is 8.51. The molecule has 0 saturated carbocycles. The average molecular weight is 405 g/mol. The van der Waals surface area contributed by atoms with Crippen LogP contribution in [0, 0.1) is 0 Å². The zero-order chi connectivity index (χ0) is 16.4. The van der Waals surface area contributed by atoms with Crippen molar-refractivity contribution >= 4 is 55.0 Å². The SMILES string of the molecule is COC(=O)c1cc2[nH]ccc2s1.O=C(O)c1cc2[nH]ccc2s1.[K+].[OH-]. The molecule has 25 heavy (non-hydrogen) atoms. The molecule has 0 saturated heterocycles. The minimum Gasteiger partial charge on any atom is -0.870 e. The van der Waals surface area contributed by atoms with E-state index >= 15 is 0 Å². The molecule has 0 aliphatic carbocycles. The first kappa shape index (κ1) is 22.1. The van der Waals surface area contributed by atoms with Crippen LogP contribution < -0.4 is 51.4 Å². The third-order valence-corrected chi connectivity index (χ3v) is 5.23. The Bertz CT molecular complexity index is 927. The Hall–Kier alpha value is -0.984. The van der Waals surface area contributed by atoms with E-state index in [1.54, 1.807) is 18.3 Å². The van der Waals surface area contributed by atoms with Gasteiger partial charge in [-0.05, 0) is 24.3 Å². The molecule has 0 aliphatic heterocycles. The molecule has 0 unspecified atom stereocenters. The topological polar surface area (TPSA) is 125 Å². The maximum Gasteiger partial charge on any atom is 1.00 e. The van der Waals surface area contributed by atoms with Crippen LogP contribution in [0.25, 0.3) is 20.4 Å². The van der Waals surface area contributed by atoms with Crippen LogP contribution >= 0.6 is 22.7 Å². The van der Waals surface area contributed by atoms with Crippen LogP contribution in [-0.2, 0) is 4.74 Å². The molecule has 7 nitrogen and oxygen atoms in total. The summed E-state index contributed by atoms with van der Waals surface area (Å²) in [6.07, 6.45) is 3.65. The van der Waals surface area contributed by atoms with Crippen LogP contribution in [-0.4, -0.2) is 39.6 Å². The molecule has 0 amide bonds. The summed E-state index contributed by atoms with van der Waals surface area (Å²) < 4.78 is 6.66. The summed E-state index contributed by atoms with van der Waals surface area (Å²) in [6, 6.07) is 7.24. The molecule has 126 valence electrons. The molecule has 0 fully saturated rings. The van der Waals surface area contributed by atoms with Crippen molar-refractivity contribution in [1.29, 1.82) is 0 Å². The summed E-state index contributed by atoms with van der Waals surface area (Å²) in [6.45, 7) is 0. The van der Waals surface area contributed by atoms with Gasteiger partial charge in [0.1, 0.15) is 9.75 Å². The van der Waals surface area contributed by atoms with Crippen molar-refractivity contribution in [2.45, 2.75) is 0 Å². The van der Waals surface area contributed by atoms with Crippen molar-refractivity contribution < 1.29 is 76.3 Å². The molecule has 0 bridgehead atoms. The molecule has 4 aromatic rings. The first-order chi connectivity index (χ1) is 11.1. The molecule has 4 N–H and O–H groups in total. The number of nitrogens with one attached hydrogen (secondary N) is 2. The van der Waals surface area contributed by atoms with E-state index in [1.807, 2.05) is 18.3 Å². The Morgan fingerprint density at radius 2 is 1.48 bits per heavy atom. The van der Waals surface area contributed by atoms with Crippen LogP contribution in [0.3, 0.4) is 0 Å². The van der Waals surface area contributed by atoms with Crippen molar-refractivity contribution in [2.24, 2.45) is 0 Å². The summed E-state index contributed by atoms with van der Waals surface area (Å²) in [5.74, 6) is -1.13. The Morgan fingerprint density at radius 1 is 1.00 bits per heavy atom. The van der Waals surface area contributed by atoms with Crippen LogP contribution in [0.2, 0.25) is 0 Å². The standard InChI is InChI=1S/C8H7NO2S.C7H5NO2S.K.H2O/c1-11-8(10)7-4-5-6(12-7)2-3-9-5;9-7(10)6-3-4-5(11-6)1-2-8-4;;/h2-4,9H,1H3;1-3,8H,(H,9,10);;1H2/q;;+1;/p-1. The van der Waals surface area contributed by atoms with Crippen LogP contribution in [0.5, 0.6) is 0 Å². The number of carbonyl (C=O) groups is 2.